The molecule has 0 aliphatic carbocycles. The minimum Gasteiger partial charge on any atom is -0.258 e. The first-order valence-electron chi connectivity index (χ1n) is 6.16. The van der Waals surface area contributed by atoms with E-state index in [9.17, 15) is 18.5 Å². The van der Waals surface area contributed by atoms with E-state index in [0.717, 1.165) is 6.07 Å². The van der Waals surface area contributed by atoms with Gasteiger partial charge in [-0.1, -0.05) is 12.2 Å². The first-order chi connectivity index (χ1) is 9.29. The lowest BCUT2D eigenvalue weighted by Gasteiger charge is -2.10. The molecule has 0 amide bonds. The van der Waals surface area contributed by atoms with Crippen molar-refractivity contribution in [2.45, 2.75) is 32.1 Å². The van der Waals surface area contributed by atoms with E-state index in [2.05, 4.69) is 4.72 Å². The topological polar surface area (TPSA) is 89.3 Å². The third-order valence-corrected chi connectivity index (χ3v) is 4.53. The summed E-state index contributed by atoms with van der Waals surface area (Å²) in [7, 11) is -3.74. The fourth-order valence-electron chi connectivity index (χ4n) is 1.71. The van der Waals surface area contributed by atoms with E-state index in [1.54, 1.807) is 13.8 Å². The summed E-state index contributed by atoms with van der Waals surface area (Å²) < 4.78 is 26.8. The van der Waals surface area contributed by atoms with Crippen LogP contribution in [0.4, 0.5) is 5.69 Å². The van der Waals surface area contributed by atoms with E-state index >= 15 is 0 Å². The van der Waals surface area contributed by atoms with Crippen molar-refractivity contribution in [1.82, 2.24) is 4.72 Å². The normalized spacial score (nSPS) is 11.9. The van der Waals surface area contributed by atoms with Gasteiger partial charge in [0.05, 0.1) is 9.82 Å². The number of nitrogens with zero attached hydrogens (tertiary/aromatic N) is 1. The maximum atomic E-state index is 12.2. The molecule has 6 nitrogen and oxygen atoms in total. The van der Waals surface area contributed by atoms with Crippen LogP contribution in [0.1, 0.15) is 24.5 Å². The summed E-state index contributed by atoms with van der Waals surface area (Å²) in [5, 5.41) is 10.8. The molecule has 0 saturated carbocycles. The fraction of sp³-hybridized carbons (Fsp3) is 0.385. The van der Waals surface area contributed by atoms with Crippen LogP contribution in [0.5, 0.6) is 0 Å². The molecule has 0 bridgehead atoms. The molecule has 0 aliphatic rings. The second-order valence-electron chi connectivity index (χ2n) is 4.40. The summed E-state index contributed by atoms with van der Waals surface area (Å²) in [4.78, 5) is 10.2. The van der Waals surface area contributed by atoms with Crippen LogP contribution in [-0.4, -0.2) is 19.9 Å². The van der Waals surface area contributed by atoms with Crippen molar-refractivity contribution >= 4 is 15.7 Å². The van der Waals surface area contributed by atoms with Gasteiger partial charge in [0.15, 0.2) is 0 Å². The lowest BCUT2D eigenvalue weighted by molar-refractivity contribution is -0.385. The molecule has 0 atom stereocenters. The van der Waals surface area contributed by atoms with Gasteiger partial charge in [0, 0.05) is 18.7 Å². The number of nitrogens with one attached hydrogen (secondary N) is 1. The Hall–Kier alpha value is -1.73. The van der Waals surface area contributed by atoms with Crippen molar-refractivity contribution in [3.05, 3.63) is 45.5 Å². The lowest BCUT2D eigenvalue weighted by Crippen LogP contribution is -2.25. The molecule has 0 fully saturated rings. The van der Waals surface area contributed by atoms with Crippen LogP contribution in [0.3, 0.4) is 0 Å². The van der Waals surface area contributed by atoms with Crippen LogP contribution in [-0.2, 0) is 10.0 Å². The average molecular weight is 298 g/mol. The number of hydrogen-bond acceptors (Lipinski definition) is 4. The first kappa shape index (κ1) is 16.3. The van der Waals surface area contributed by atoms with Gasteiger partial charge in [-0.25, -0.2) is 13.1 Å². The van der Waals surface area contributed by atoms with Gasteiger partial charge in [0.2, 0.25) is 10.0 Å². The fourth-order valence-corrected chi connectivity index (χ4v) is 3.10. The molecule has 0 aliphatic heterocycles. The van der Waals surface area contributed by atoms with Gasteiger partial charge in [-0.05, 0) is 38.3 Å². The van der Waals surface area contributed by atoms with Gasteiger partial charge < -0.3 is 0 Å². The van der Waals surface area contributed by atoms with Gasteiger partial charge in [-0.3, -0.25) is 10.1 Å². The number of allylic oxidation sites excluding steroid dienone is 1. The van der Waals surface area contributed by atoms with Crippen molar-refractivity contribution in [2.24, 2.45) is 0 Å². The largest absolute Gasteiger partial charge is 0.271 e. The van der Waals surface area contributed by atoms with Gasteiger partial charge in [0.1, 0.15) is 0 Å². The molecular weight excluding hydrogens is 280 g/mol. The first-order valence-corrected chi connectivity index (χ1v) is 7.64. The van der Waals surface area contributed by atoms with E-state index in [1.807, 2.05) is 19.1 Å². The van der Waals surface area contributed by atoms with E-state index < -0.39 is 14.9 Å². The summed E-state index contributed by atoms with van der Waals surface area (Å²) >= 11 is 0. The molecule has 0 aromatic heterocycles. The number of rotatable bonds is 6. The predicted octanol–water partition coefficient (Wildman–Crippen LogP) is 2.46. The lowest BCUT2D eigenvalue weighted by atomic mass is 10.1. The highest BCUT2D eigenvalue weighted by Crippen LogP contribution is 2.25. The highest BCUT2D eigenvalue weighted by Gasteiger charge is 2.21. The van der Waals surface area contributed by atoms with Crippen LogP contribution in [0.2, 0.25) is 0 Å². The zero-order valence-electron chi connectivity index (χ0n) is 11.7. The van der Waals surface area contributed by atoms with Crippen molar-refractivity contribution in [3.8, 4) is 0 Å². The Morgan fingerprint density at radius 2 is 2.00 bits per heavy atom. The van der Waals surface area contributed by atoms with E-state index in [4.69, 9.17) is 0 Å². The molecule has 0 unspecified atom stereocenters. The maximum Gasteiger partial charge on any atom is 0.271 e. The Balaban J connectivity index is 3.13. The summed E-state index contributed by atoms with van der Waals surface area (Å²) in [5.41, 5.74) is 0.879. The average Bonchev–Trinajstić information content (AvgIpc) is 2.37. The Labute approximate surface area is 118 Å². The quantitative estimate of drug-likeness (QED) is 0.378. The predicted molar refractivity (Wildman–Crippen MR) is 77.2 cm³/mol. The second-order valence-corrected chi connectivity index (χ2v) is 6.13. The van der Waals surface area contributed by atoms with Crippen LogP contribution < -0.4 is 4.72 Å². The number of non-ortho nitro benzene ring substituents is 1. The molecule has 1 N–H and O–H groups in total. The summed E-state index contributed by atoms with van der Waals surface area (Å²) in [6, 6.07) is 2.47. The Bertz CT molecular complexity index is 636. The van der Waals surface area contributed by atoms with Gasteiger partial charge in [0.25, 0.3) is 5.69 Å². The Morgan fingerprint density at radius 1 is 1.35 bits per heavy atom. The third kappa shape index (κ3) is 3.88. The van der Waals surface area contributed by atoms with Crippen LogP contribution in [0.15, 0.2) is 29.2 Å². The van der Waals surface area contributed by atoms with Gasteiger partial charge in [-0.2, -0.15) is 0 Å². The highest BCUT2D eigenvalue weighted by atomic mass is 32.2. The minimum absolute atomic E-state index is 0.0373. The standard InChI is InChI=1S/C13H18N2O4S/c1-4-5-6-7-14-20(18,19)13-9-12(15(16)17)8-10(2)11(13)3/h4-5,8-9,14H,6-7H2,1-3H3/b5-4+. The van der Waals surface area contributed by atoms with Crippen LogP contribution in [0, 0.1) is 24.0 Å². The molecule has 1 rings (SSSR count). The summed E-state index contributed by atoms with van der Waals surface area (Å²) in [6.45, 7) is 5.40. The smallest absolute Gasteiger partial charge is 0.258 e. The second kappa shape index (κ2) is 6.62. The van der Waals surface area contributed by atoms with Crippen molar-refractivity contribution < 1.29 is 13.3 Å². The number of benzene rings is 1. The van der Waals surface area contributed by atoms with E-state index in [-0.39, 0.29) is 17.1 Å². The van der Waals surface area contributed by atoms with E-state index in [0.29, 0.717) is 17.5 Å². The molecular formula is C13H18N2O4S. The maximum absolute atomic E-state index is 12.2. The minimum atomic E-state index is -3.74. The van der Waals surface area contributed by atoms with Crippen LogP contribution >= 0.6 is 0 Å². The number of nitro groups is 1. The Morgan fingerprint density at radius 3 is 2.55 bits per heavy atom. The van der Waals surface area contributed by atoms with Crippen molar-refractivity contribution in [3.63, 3.8) is 0 Å². The van der Waals surface area contributed by atoms with Crippen molar-refractivity contribution in [2.75, 3.05) is 6.54 Å². The number of hydrogen-bond donors (Lipinski definition) is 1. The SMILES string of the molecule is C/C=C/CCNS(=O)(=O)c1cc([N+](=O)[O-])cc(C)c1C. The van der Waals surface area contributed by atoms with Gasteiger partial charge in [-0.15, -0.1) is 0 Å². The van der Waals surface area contributed by atoms with Gasteiger partial charge >= 0.3 is 0 Å². The third-order valence-electron chi connectivity index (χ3n) is 2.94. The molecule has 0 radical (unpaired) electrons. The number of sulfonamides is 1. The molecule has 7 heteroatoms. The molecule has 1 aromatic carbocycles. The van der Waals surface area contributed by atoms with E-state index in [1.165, 1.54) is 6.07 Å². The number of nitro benzene ring substituents is 1. The monoisotopic (exact) mass is 298 g/mol. The molecule has 0 spiro atoms. The summed E-state index contributed by atoms with van der Waals surface area (Å²) in [5.74, 6) is 0. The molecule has 0 heterocycles. The zero-order chi connectivity index (χ0) is 15.3. The Kier molecular flexibility index (Phi) is 5.41. The molecule has 0 saturated heterocycles. The highest BCUT2D eigenvalue weighted by molar-refractivity contribution is 7.89. The molecule has 20 heavy (non-hydrogen) atoms. The number of aryl methyl sites for hydroxylation is 1. The summed E-state index contributed by atoms with van der Waals surface area (Å²) in [6.07, 6.45) is 4.24. The van der Waals surface area contributed by atoms with Crippen LogP contribution in [0.25, 0.3) is 0 Å². The molecule has 110 valence electrons. The zero-order valence-corrected chi connectivity index (χ0v) is 12.5. The molecule has 1 aromatic rings. The van der Waals surface area contributed by atoms with Crippen molar-refractivity contribution in [1.29, 1.82) is 0 Å².